The van der Waals surface area contributed by atoms with Crippen LogP contribution >= 0.6 is 0 Å². The van der Waals surface area contributed by atoms with Gasteiger partial charge in [0.25, 0.3) is 5.91 Å². The number of amides is 2. The number of ether oxygens (including phenoxy) is 2. The first-order valence-corrected chi connectivity index (χ1v) is 10.2. The van der Waals surface area contributed by atoms with E-state index in [9.17, 15) is 14.4 Å². The average Bonchev–Trinajstić information content (AvgIpc) is 2.70. The summed E-state index contributed by atoms with van der Waals surface area (Å²) in [4.78, 5) is 35.7. The minimum atomic E-state index is -0.555. The van der Waals surface area contributed by atoms with Gasteiger partial charge in [-0.25, -0.2) is 9.59 Å². The highest BCUT2D eigenvalue weighted by atomic mass is 16.6. The van der Waals surface area contributed by atoms with Crippen LogP contribution in [0.2, 0.25) is 0 Å². The third-order valence-corrected chi connectivity index (χ3v) is 4.36. The molecular weight excluding hydrogens is 412 g/mol. The lowest BCUT2D eigenvalue weighted by atomic mass is 10.1. The van der Waals surface area contributed by atoms with E-state index in [1.54, 1.807) is 63.2 Å². The minimum absolute atomic E-state index is 0.256. The van der Waals surface area contributed by atoms with Crippen LogP contribution in [0.3, 0.4) is 0 Å². The SMILES string of the molecule is Cc1cc(=O)oc2cc(NC(=O)c3ccc(OCCNC(=O)OC(C)(C)C)cc3)ccc12. The van der Waals surface area contributed by atoms with Gasteiger partial charge < -0.3 is 24.5 Å². The van der Waals surface area contributed by atoms with Crippen LogP contribution in [0.15, 0.2) is 57.7 Å². The Hall–Kier alpha value is -3.81. The summed E-state index contributed by atoms with van der Waals surface area (Å²) in [5.41, 5.74) is 1.19. The third-order valence-electron chi connectivity index (χ3n) is 4.36. The van der Waals surface area contributed by atoms with Gasteiger partial charge >= 0.3 is 11.7 Å². The van der Waals surface area contributed by atoms with Gasteiger partial charge in [0.1, 0.15) is 23.5 Å². The van der Waals surface area contributed by atoms with Crippen molar-refractivity contribution >= 4 is 28.7 Å². The fraction of sp³-hybridized carbons (Fsp3) is 0.292. The van der Waals surface area contributed by atoms with Gasteiger partial charge in [0.2, 0.25) is 0 Å². The first-order valence-electron chi connectivity index (χ1n) is 10.2. The number of benzene rings is 2. The standard InChI is InChI=1S/C24H26N2O6/c1-15-13-21(27)31-20-14-17(7-10-19(15)20)26-22(28)16-5-8-18(9-6-16)30-12-11-25-23(29)32-24(2,3)4/h5-10,13-14H,11-12H2,1-4H3,(H,25,29)(H,26,28). The molecule has 8 nitrogen and oxygen atoms in total. The minimum Gasteiger partial charge on any atom is -0.492 e. The van der Waals surface area contributed by atoms with E-state index in [0.29, 0.717) is 22.6 Å². The summed E-state index contributed by atoms with van der Waals surface area (Å²) < 4.78 is 15.9. The summed E-state index contributed by atoms with van der Waals surface area (Å²) in [5.74, 6) is 0.257. The van der Waals surface area contributed by atoms with E-state index in [1.807, 2.05) is 6.92 Å². The first kappa shape index (κ1) is 22.9. The van der Waals surface area contributed by atoms with Crippen LogP contribution in [0.4, 0.5) is 10.5 Å². The molecule has 2 amide bonds. The van der Waals surface area contributed by atoms with Gasteiger partial charge in [0.05, 0.1) is 6.54 Å². The molecule has 0 atom stereocenters. The molecule has 1 aromatic heterocycles. The number of hydrogen-bond acceptors (Lipinski definition) is 6. The van der Waals surface area contributed by atoms with Crippen LogP contribution < -0.4 is 21.0 Å². The number of anilines is 1. The molecule has 0 saturated carbocycles. The summed E-state index contributed by atoms with van der Waals surface area (Å²) in [6.45, 7) is 7.74. The van der Waals surface area contributed by atoms with Gasteiger partial charge in [-0.1, -0.05) is 0 Å². The number of carbonyl (C=O) groups excluding carboxylic acids is 2. The molecule has 2 aromatic carbocycles. The Bertz CT molecular complexity index is 1180. The fourth-order valence-corrected chi connectivity index (χ4v) is 2.94. The molecule has 0 saturated heterocycles. The Labute approximate surface area is 185 Å². The van der Waals surface area contributed by atoms with Crippen LogP contribution in [0.5, 0.6) is 5.75 Å². The number of alkyl carbamates (subject to hydrolysis) is 1. The molecule has 0 fully saturated rings. The predicted octanol–water partition coefficient (Wildman–Crippen LogP) is 4.26. The maximum absolute atomic E-state index is 12.5. The number of nitrogens with one attached hydrogen (secondary N) is 2. The third kappa shape index (κ3) is 6.34. The van der Waals surface area contributed by atoms with Gasteiger partial charge in [-0.2, -0.15) is 0 Å². The summed E-state index contributed by atoms with van der Waals surface area (Å²) >= 11 is 0. The first-order chi connectivity index (χ1) is 15.1. The summed E-state index contributed by atoms with van der Waals surface area (Å²) in [5, 5.41) is 6.21. The molecular formula is C24H26N2O6. The quantitative estimate of drug-likeness (QED) is 0.440. The highest BCUT2D eigenvalue weighted by Crippen LogP contribution is 2.21. The molecule has 0 radical (unpaired) electrons. The van der Waals surface area contributed by atoms with Crippen molar-refractivity contribution in [2.75, 3.05) is 18.5 Å². The Morgan fingerprint density at radius 2 is 1.75 bits per heavy atom. The van der Waals surface area contributed by atoms with Gasteiger partial charge in [0.15, 0.2) is 0 Å². The Balaban J connectivity index is 1.53. The smallest absolute Gasteiger partial charge is 0.407 e. The Morgan fingerprint density at radius 3 is 2.44 bits per heavy atom. The molecule has 0 spiro atoms. The maximum atomic E-state index is 12.5. The highest BCUT2D eigenvalue weighted by molar-refractivity contribution is 6.05. The van der Waals surface area contributed by atoms with Crippen LogP contribution in [0.25, 0.3) is 11.0 Å². The lowest BCUT2D eigenvalue weighted by Crippen LogP contribution is -2.34. The van der Waals surface area contributed by atoms with Gasteiger partial charge in [-0.05, 0) is 69.7 Å². The van der Waals surface area contributed by atoms with Crippen LogP contribution in [-0.4, -0.2) is 30.8 Å². The van der Waals surface area contributed by atoms with Gasteiger partial charge in [-0.3, -0.25) is 4.79 Å². The maximum Gasteiger partial charge on any atom is 0.407 e. The van der Waals surface area contributed by atoms with Gasteiger partial charge in [-0.15, -0.1) is 0 Å². The molecule has 3 rings (SSSR count). The Morgan fingerprint density at radius 1 is 1.03 bits per heavy atom. The number of fused-ring (bicyclic) bond motifs is 1. The predicted molar refractivity (Wildman–Crippen MR) is 121 cm³/mol. The highest BCUT2D eigenvalue weighted by Gasteiger charge is 2.15. The number of rotatable bonds is 6. The van der Waals surface area contributed by atoms with Crippen LogP contribution in [-0.2, 0) is 4.74 Å². The topological polar surface area (TPSA) is 107 Å². The van der Waals surface area contributed by atoms with E-state index in [4.69, 9.17) is 13.9 Å². The molecule has 3 aromatic rings. The second kappa shape index (κ2) is 9.55. The van der Waals surface area contributed by atoms with E-state index in [0.717, 1.165) is 10.9 Å². The fourth-order valence-electron chi connectivity index (χ4n) is 2.94. The van der Waals surface area contributed by atoms with Crippen molar-refractivity contribution in [3.8, 4) is 5.75 Å². The van der Waals surface area contributed by atoms with Crippen molar-refractivity contribution in [3.63, 3.8) is 0 Å². The van der Waals surface area contributed by atoms with E-state index in [1.165, 1.54) is 6.07 Å². The number of aryl methyl sites for hydroxylation is 1. The zero-order valence-corrected chi connectivity index (χ0v) is 18.5. The summed E-state index contributed by atoms with van der Waals surface area (Å²) in [6.07, 6.45) is -0.503. The normalized spacial score (nSPS) is 11.1. The van der Waals surface area contributed by atoms with Gasteiger partial charge in [0, 0.05) is 28.8 Å². The van der Waals surface area contributed by atoms with Crippen molar-refractivity contribution < 1.29 is 23.5 Å². The molecule has 0 bridgehead atoms. The second-order valence-corrected chi connectivity index (χ2v) is 8.22. The second-order valence-electron chi connectivity index (χ2n) is 8.22. The van der Waals surface area contributed by atoms with E-state index >= 15 is 0 Å². The number of hydrogen-bond donors (Lipinski definition) is 2. The molecule has 2 N–H and O–H groups in total. The van der Waals surface area contributed by atoms with Crippen LogP contribution in [0, 0.1) is 6.92 Å². The largest absolute Gasteiger partial charge is 0.492 e. The molecule has 32 heavy (non-hydrogen) atoms. The van der Waals surface area contributed by atoms with E-state index in [-0.39, 0.29) is 19.1 Å². The molecule has 1 heterocycles. The number of carbonyl (C=O) groups is 2. The van der Waals surface area contributed by atoms with E-state index in [2.05, 4.69) is 10.6 Å². The monoisotopic (exact) mass is 438 g/mol. The summed E-state index contributed by atoms with van der Waals surface area (Å²) in [7, 11) is 0. The van der Waals surface area contributed by atoms with Crippen molar-refractivity contribution in [2.24, 2.45) is 0 Å². The molecule has 168 valence electrons. The van der Waals surface area contributed by atoms with Crippen molar-refractivity contribution in [3.05, 3.63) is 70.1 Å². The Kier molecular flexibility index (Phi) is 6.82. The van der Waals surface area contributed by atoms with Crippen molar-refractivity contribution in [1.29, 1.82) is 0 Å². The van der Waals surface area contributed by atoms with Crippen LogP contribution in [0.1, 0.15) is 36.7 Å². The summed E-state index contributed by atoms with van der Waals surface area (Å²) in [6, 6.07) is 13.2. The molecule has 0 aliphatic carbocycles. The average molecular weight is 438 g/mol. The zero-order valence-electron chi connectivity index (χ0n) is 18.5. The lowest BCUT2D eigenvalue weighted by molar-refractivity contribution is 0.0520. The molecule has 8 heteroatoms. The van der Waals surface area contributed by atoms with Crippen molar-refractivity contribution in [1.82, 2.24) is 5.32 Å². The lowest BCUT2D eigenvalue weighted by Gasteiger charge is -2.19. The zero-order chi connectivity index (χ0) is 23.3. The van der Waals surface area contributed by atoms with E-state index < -0.39 is 17.3 Å². The molecule has 0 aliphatic rings. The molecule has 0 unspecified atom stereocenters. The molecule has 0 aliphatic heterocycles. The van der Waals surface area contributed by atoms with Crippen molar-refractivity contribution in [2.45, 2.75) is 33.3 Å².